The quantitative estimate of drug-likeness (QED) is 0.556. The minimum atomic E-state index is 0.190. The standard InChI is InChI=1S/C4H11NOS/c1-4(6-5)3-7-2/h4H,3,5H2,1-2H3. The molecule has 7 heavy (non-hydrogen) atoms. The number of rotatable bonds is 3. The second-order valence-electron chi connectivity index (χ2n) is 1.40. The van der Waals surface area contributed by atoms with Gasteiger partial charge in [0, 0.05) is 5.75 Å². The molecule has 3 heteroatoms. The van der Waals surface area contributed by atoms with Crippen molar-refractivity contribution in [1.82, 2.24) is 0 Å². The van der Waals surface area contributed by atoms with Crippen LogP contribution >= 0.6 is 11.8 Å². The Balaban J connectivity index is 2.83. The highest BCUT2D eigenvalue weighted by molar-refractivity contribution is 7.98. The summed E-state index contributed by atoms with van der Waals surface area (Å²) < 4.78 is 0. The molecule has 0 rings (SSSR count). The van der Waals surface area contributed by atoms with Crippen LogP contribution in [0, 0.1) is 0 Å². The van der Waals surface area contributed by atoms with E-state index in [0.29, 0.717) is 0 Å². The van der Waals surface area contributed by atoms with Gasteiger partial charge in [0.15, 0.2) is 0 Å². The largest absolute Gasteiger partial charge is 0.301 e. The van der Waals surface area contributed by atoms with Gasteiger partial charge in [-0.25, -0.2) is 5.90 Å². The zero-order valence-corrected chi connectivity index (χ0v) is 5.49. The van der Waals surface area contributed by atoms with Crippen LogP contribution in [0.4, 0.5) is 0 Å². The summed E-state index contributed by atoms with van der Waals surface area (Å²) in [6.07, 6.45) is 2.21. The van der Waals surface area contributed by atoms with Crippen molar-refractivity contribution < 1.29 is 4.84 Å². The molecule has 0 saturated carbocycles. The molecule has 0 bridgehead atoms. The first-order valence-electron chi connectivity index (χ1n) is 2.15. The van der Waals surface area contributed by atoms with E-state index in [1.165, 1.54) is 0 Å². The van der Waals surface area contributed by atoms with Crippen LogP contribution in [-0.4, -0.2) is 18.1 Å². The van der Waals surface area contributed by atoms with Gasteiger partial charge in [-0.15, -0.1) is 0 Å². The maximum Gasteiger partial charge on any atom is 0.0849 e. The molecule has 0 aliphatic heterocycles. The average Bonchev–Trinajstić information content (AvgIpc) is 1.68. The molecule has 0 aliphatic carbocycles. The lowest BCUT2D eigenvalue weighted by Crippen LogP contribution is -2.15. The average molecular weight is 121 g/mol. The highest BCUT2D eigenvalue weighted by atomic mass is 32.2. The van der Waals surface area contributed by atoms with E-state index in [2.05, 4.69) is 4.84 Å². The summed E-state index contributed by atoms with van der Waals surface area (Å²) in [4.78, 5) is 4.47. The Morgan fingerprint density at radius 1 is 1.86 bits per heavy atom. The lowest BCUT2D eigenvalue weighted by molar-refractivity contribution is 0.0833. The SMILES string of the molecule is CSCC(C)ON. The fourth-order valence-corrected chi connectivity index (χ4v) is 0.822. The fourth-order valence-electron chi connectivity index (χ4n) is 0.274. The number of thioether (sulfide) groups is 1. The van der Waals surface area contributed by atoms with Crippen molar-refractivity contribution in [3.63, 3.8) is 0 Å². The Kier molecular flexibility index (Phi) is 4.60. The van der Waals surface area contributed by atoms with Crippen molar-refractivity contribution in [3.8, 4) is 0 Å². The van der Waals surface area contributed by atoms with Crippen LogP contribution in [0.2, 0.25) is 0 Å². The zero-order chi connectivity index (χ0) is 5.70. The van der Waals surface area contributed by atoms with E-state index in [9.17, 15) is 0 Å². The second kappa shape index (κ2) is 4.43. The molecule has 0 fully saturated rings. The summed E-state index contributed by atoms with van der Waals surface area (Å²) >= 11 is 1.73. The Bertz CT molecular complexity index is 42.7. The summed E-state index contributed by atoms with van der Waals surface area (Å²) in [6, 6.07) is 0. The molecule has 1 unspecified atom stereocenters. The lowest BCUT2D eigenvalue weighted by atomic mass is 10.5. The van der Waals surface area contributed by atoms with Gasteiger partial charge in [-0.3, -0.25) is 0 Å². The van der Waals surface area contributed by atoms with Crippen LogP contribution in [0.15, 0.2) is 0 Å². The van der Waals surface area contributed by atoms with Crippen LogP contribution in [0.3, 0.4) is 0 Å². The van der Waals surface area contributed by atoms with E-state index in [4.69, 9.17) is 5.90 Å². The first-order valence-corrected chi connectivity index (χ1v) is 3.55. The summed E-state index contributed by atoms with van der Waals surface area (Å²) in [5.74, 6) is 5.81. The summed E-state index contributed by atoms with van der Waals surface area (Å²) in [5, 5.41) is 0. The normalized spacial score (nSPS) is 14.1. The molecule has 0 aromatic rings. The van der Waals surface area contributed by atoms with Crippen LogP contribution < -0.4 is 5.90 Å². The molecule has 0 aliphatic rings. The number of nitrogens with two attached hydrogens (primary N) is 1. The van der Waals surface area contributed by atoms with Crippen molar-refractivity contribution in [2.75, 3.05) is 12.0 Å². The summed E-state index contributed by atoms with van der Waals surface area (Å²) in [5.41, 5.74) is 0. The van der Waals surface area contributed by atoms with Crippen LogP contribution in [0.5, 0.6) is 0 Å². The minimum absolute atomic E-state index is 0.190. The zero-order valence-electron chi connectivity index (χ0n) is 4.68. The fraction of sp³-hybridized carbons (Fsp3) is 1.00. The third kappa shape index (κ3) is 4.12. The Labute approximate surface area is 48.4 Å². The summed E-state index contributed by atoms with van der Waals surface area (Å²) in [6.45, 7) is 1.94. The molecule has 0 spiro atoms. The Morgan fingerprint density at radius 2 is 2.43 bits per heavy atom. The van der Waals surface area contributed by atoms with Crippen LogP contribution in [0.1, 0.15) is 6.92 Å². The van der Waals surface area contributed by atoms with Crippen molar-refractivity contribution in [3.05, 3.63) is 0 Å². The minimum Gasteiger partial charge on any atom is -0.301 e. The predicted molar refractivity (Wildman–Crippen MR) is 33.1 cm³/mol. The highest BCUT2D eigenvalue weighted by Gasteiger charge is 1.94. The monoisotopic (exact) mass is 121 g/mol. The highest BCUT2D eigenvalue weighted by Crippen LogP contribution is 1.96. The number of hydrogen-bond acceptors (Lipinski definition) is 3. The Morgan fingerprint density at radius 3 is 2.57 bits per heavy atom. The Hall–Kier alpha value is 0.270. The van der Waals surface area contributed by atoms with Gasteiger partial charge in [-0.1, -0.05) is 0 Å². The van der Waals surface area contributed by atoms with E-state index < -0.39 is 0 Å². The topological polar surface area (TPSA) is 35.2 Å². The van der Waals surface area contributed by atoms with Crippen molar-refractivity contribution in [1.29, 1.82) is 0 Å². The molecule has 1 atom stereocenters. The third-order valence-corrected chi connectivity index (χ3v) is 1.44. The molecule has 0 aromatic heterocycles. The van der Waals surface area contributed by atoms with E-state index >= 15 is 0 Å². The number of hydrogen-bond donors (Lipinski definition) is 1. The van der Waals surface area contributed by atoms with E-state index in [0.717, 1.165) is 5.75 Å². The van der Waals surface area contributed by atoms with Gasteiger partial charge in [0.1, 0.15) is 0 Å². The maximum atomic E-state index is 4.84. The van der Waals surface area contributed by atoms with E-state index in [-0.39, 0.29) is 6.10 Å². The molecular weight excluding hydrogens is 110 g/mol. The van der Waals surface area contributed by atoms with Crippen molar-refractivity contribution in [2.24, 2.45) is 5.90 Å². The first kappa shape index (κ1) is 7.27. The predicted octanol–water partition coefficient (Wildman–Crippen LogP) is 0.628. The second-order valence-corrected chi connectivity index (χ2v) is 2.31. The molecule has 0 amide bonds. The van der Waals surface area contributed by atoms with Crippen molar-refractivity contribution in [2.45, 2.75) is 13.0 Å². The van der Waals surface area contributed by atoms with Crippen LogP contribution in [0.25, 0.3) is 0 Å². The third-order valence-electron chi connectivity index (χ3n) is 0.634. The molecule has 0 heterocycles. The first-order chi connectivity index (χ1) is 3.31. The molecule has 0 saturated heterocycles. The smallest absolute Gasteiger partial charge is 0.0849 e. The molecule has 44 valence electrons. The van der Waals surface area contributed by atoms with Gasteiger partial charge >= 0.3 is 0 Å². The molecule has 2 N–H and O–H groups in total. The molecule has 0 aromatic carbocycles. The van der Waals surface area contributed by atoms with Gasteiger partial charge in [-0.2, -0.15) is 11.8 Å². The molecular formula is C4H11NOS. The van der Waals surface area contributed by atoms with Gasteiger partial charge in [-0.05, 0) is 13.2 Å². The molecule has 0 radical (unpaired) electrons. The van der Waals surface area contributed by atoms with Gasteiger partial charge in [0.05, 0.1) is 6.10 Å². The maximum absolute atomic E-state index is 4.84. The van der Waals surface area contributed by atoms with Gasteiger partial charge in [0.2, 0.25) is 0 Å². The van der Waals surface area contributed by atoms with Gasteiger partial charge in [0.25, 0.3) is 0 Å². The molecule has 2 nitrogen and oxygen atoms in total. The van der Waals surface area contributed by atoms with Crippen LogP contribution in [-0.2, 0) is 4.84 Å². The van der Waals surface area contributed by atoms with E-state index in [1.807, 2.05) is 13.2 Å². The van der Waals surface area contributed by atoms with Crippen molar-refractivity contribution >= 4 is 11.8 Å². The summed E-state index contributed by atoms with van der Waals surface area (Å²) in [7, 11) is 0. The lowest BCUT2D eigenvalue weighted by Gasteiger charge is -2.03. The van der Waals surface area contributed by atoms with E-state index in [1.54, 1.807) is 11.8 Å². The van der Waals surface area contributed by atoms with Gasteiger partial charge < -0.3 is 4.84 Å².